The molecule has 9 nitrogen and oxygen atoms in total. The third-order valence-electron chi connectivity index (χ3n) is 5.94. The highest BCUT2D eigenvalue weighted by Crippen LogP contribution is 2.38. The average Bonchev–Trinajstić information content (AvgIpc) is 3.50. The number of thioether (sulfide) groups is 1. The molecule has 0 radical (unpaired) electrons. The Morgan fingerprint density at radius 1 is 1.15 bits per heavy atom. The number of fused-ring (bicyclic) bond motifs is 1. The molecular weight excluding hydrogens is 454 g/mol. The van der Waals surface area contributed by atoms with E-state index in [-0.39, 0.29) is 17.7 Å². The summed E-state index contributed by atoms with van der Waals surface area (Å²) in [6.07, 6.45) is 1.88. The zero-order valence-electron chi connectivity index (χ0n) is 19.0. The molecule has 5 rings (SSSR count). The van der Waals surface area contributed by atoms with Gasteiger partial charge in [0, 0.05) is 12.1 Å². The van der Waals surface area contributed by atoms with Crippen LogP contribution < -0.4 is 20.1 Å². The first kappa shape index (κ1) is 22.4. The smallest absolute Gasteiger partial charge is 0.233 e. The van der Waals surface area contributed by atoms with Crippen molar-refractivity contribution in [1.29, 1.82) is 0 Å². The first-order valence-electron chi connectivity index (χ1n) is 11.4. The highest BCUT2D eigenvalue weighted by atomic mass is 32.2. The van der Waals surface area contributed by atoms with Gasteiger partial charge in [0.15, 0.2) is 17.3 Å². The minimum absolute atomic E-state index is 0.0269. The molecule has 3 aromatic rings. The summed E-state index contributed by atoms with van der Waals surface area (Å²) in [5, 5.41) is 8.90. The number of hydrogen-bond donors (Lipinski definition) is 1. The molecule has 1 atom stereocenters. The van der Waals surface area contributed by atoms with Gasteiger partial charge in [0.1, 0.15) is 19.0 Å². The van der Waals surface area contributed by atoms with Crippen LogP contribution in [0.5, 0.6) is 17.2 Å². The van der Waals surface area contributed by atoms with Crippen LogP contribution in [0.15, 0.2) is 47.6 Å². The Labute approximate surface area is 202 Å². The van der Waals surface area contributed by atoms with Crippen molar-refractivity contribution in [3.05, 3.63) is 48.0 Å². The first-order valence-corrected chi connectivity index (χ1v) is 12.4. The molecule has 1 unspecified atom stereocenters. The minimum atomic E-state index is 0.0269. The van der Waals surface area contributed by atoms with Crippen molar-refractivity contribution in [2.75, 3.05) is 38.0 Å². The number of rotatable bonds is 7. The SMILES string of the molecule is CCOc1ccc(-c2nnc(SCC(=O)N3CCCC3c3ccc4c(c3)OCCO4)n2N)cc1. The van der Waals surface area contributed by atoms with Crippen molar-refractivity contribution >= 4 is 17.7 Å². The van der Waals surface area contributed by atoms with Crippen molar-refractivity contribution in [3.8, 4) is 28.6 Å². The Morgan fingerprint density at radius 2 is 1.94 bits per heavy atom. The van der Waals surface area contributed by atoms with Crippen LogP contribution in [0.1, 0.15) is 31.4 Å². The maximum Gasteiger partial charge on any atom is 0.233 e. The van der Waals surface area contributed by atoms with Crippen LogP contribution in [-0.2, 0) is 4.79 Å². The van der Waals surface area contributed by atoms with Gasteiger partial charge in [0.05, 0.1) is 18.4 Å². The van der Waals surface area contributed by atoms with E-state index in [1.54, 1.807) is 0 Å². The van der Waals surface area contributed by atoms with E-state index in [0.717, 1.165) is 47.8 Å². The summed E-state index contributed by atoms with van der Waals surface area (Å²) in [7, 11) is 0. The third kappa shape index (κ3) is 4.50. The highest BCUT2D eigenvalue weighted by Gasteiger charge is 2.31. The molecule has 0 aliphatic carbocycles. The molecule has 2 aliphatic rings. The number of aromatic nitrogens is 3. The number of carbonyl (C=O) groups excluding carboxylic acids is 1. The average molecular weight is 482 g/mol. The molecule has 2 aliphatic heterocycles. The lowest BCUT2D eigenvalue weighted by atomic mass is 10.0. The van der Waals surface area contributed by atoms with Gasteiger partial charge in [-0.15, -0.1) is 10.2 Å². The molecule has 1 saturated heterocycles. The molecule has 0 spiro atoms. The monoisotopic (exact) mass is 481 g/mol. The lowest BCUT2D eigenvalue weighted by Crippen LogP contribution is -2.32. The molecule has 2 aromatic carbocycles. The van der Waals surface area contributed by atoms with Crippen LogP contribution in [0.25, 0.3) is 11.4 Å². The van der Waals surface area contributed by atoms with Gasteiger partial charge in [-0.25, -0.2) is 4.68 Å². The van der Waals surface area contributed by atoms with Crippen LogP contribution in [0, 0.1) is 0 Å². The summed E-state index contributed by atoms with van der Waals surface area (Å²) in [6.45, 7) is 4.37. The van der Waals surface area contributed by atoms with E-state index in [2.05, 4.69) is 10.2 Å². The van der Waals surface area contributed by atoms with E-state index in [9.17, 15) is 4.79 Å². The molecule has 1 fully saturated rings. The van der Waals surface area contributed by atoms with Crippen molar-refractivity contribution in [3.63, 3.8) is 0 Å². The quantitative estimate of drug-likeness (QED) is 0.405. The summed E-state index contributed by atoms with van der Waals surface area (Å²) in [6, 6.07) is 13.5. The maximum atomic E-state index is 13.1. The summed E-state index contributed by atoms with van der Waals surface area (Å²) in [5.41, 5.74) is 1.90. The summed E-state index contributed by atoms with van der Waals surface area (Å²) >= 11 is 1.29. The van der Waals surface area contributed by atoms with E-state index < -0.39 is 0 Å². The number of nitrogens with zero attached hydrogens (tertiary/aromatic N) is 4. The fraction of sp³-hybridized carbons (Fsp3) is 0.375. The fourth-order valence-corrected chi connectivity index (χ4v) is 5.07. The van der Waals surface area contributed by atoms with Gasteiger partial charge in [-0.3, -0.25) is 4.79 Å². The summed E-state index contributed by atoms with van der Waals surface area (Å²) in [4.78, 5) is 15.0. The second-order valence-electron chi connectivity index (χ2n) is 8.07. The van der Waals surface area contributed by atoms with Gasteiger partial charge < -0.3 is 25.0 Å². The Balaban J connectivity index is 1.24. The predicted molar refractivity (Wildman–Crippen MR) is 129 cm³/mol. The zero-order valence-corrected chi connectivity index (χ0v) is 19.8. The molecule has 178 valence electrons. The molecular formula is C24H27N5O4S. The normalized spacial score (nSPS) is 17.1. The number of carbonyl (C=O) groups is 1. The van der Waals surface area contributed by atoms with Crippen LogP contribution in [0.3, 0.4) is 0 Å². The predicted octanol–water partition coefficient (Wildman–Crippen LogP) is 3.28. The summed E-state index contributed by atoms with van der Waals surface area (Å²) in [5.74, 6) is 9.35. The number of hydrogen-bond acceptors (Lipinski definition) is 8. The van der Waals surface area contributed by atoms with Gasteiger partial charge in [0.2, 0.25) is 11.1 Å². The lowest BCUT2D eigenvalue weighted by Gasteiger charge is -2.26. The molecule has 3 heterocycles. The van der Waals surface area contributed by atoms with Crippen LogP contribution in [-0.4, -0.2) is 57.8 Å². The largest absolute Gasteiger partial charge is 0.494 e. The van der Waals surface area contributed by atoms with Crippen LogP contribution >= 0.6 is 11.8 Å². The van der Waals surface area contributed by atoms with E-state index in [4.69, 9.17) is 20.1 Å². The molecule has 10 heteroatoms. The Bertz CT molecular complexity index is 1170. The number of likely N-dealkylation sites (tertiary alicyclic amines) is 1. The van der Waals surface area contributed by atoms with Gasteiger partial charge in [-0.2, -0.15) is 0 Å². The second-order valence-corrected chi connectivity index (χ2v) is 9.01. The lowest BCUT2D eigenvalue weighted by molar-refractivity contribution is -0.129. The zero-order chi connectivity index (χ0) is 23.5. The van der Waals surface area contributed by atoms with Crippen molar-refractivity contribution < 1.29 is 19.0 Å². The third-order valence-corrected chi connectivity index (χ3v) is 6.86. The Kier molecular flexibility index (Phi) is 6.48. The first-order chi connectivity index (χ1) is 16.6. The van der Waals surface area contributed by atoms with E-state index >= 15 is 0 Å². The fourth-order valence-electron chi connectivity index (χ4n) is 4.33. The number of ether oxygens (including phenoxy) is 3. The van der Waals surface area contributed by atoms with Gasteiger partial charge in [-0.05, 0) is 61.7 Å². The van der Waals surface area contributed by atoms with E-state index in [1.807, 2.05) is 54.3 Å². The van der Waals surface area contributed by atoms with Gasteiger partial charge in [-0.1, -0.05) is 17.8 Å². The summed E-state index contributed by atoms with van der Waals surface area (Å²) < 4.78 is 18.3. The van der Waals surface area contributed by atoms with Crippen molar-refractivity contribution in [1.82, 2.24) is 19.8 Å². The number of amides is 1. The molecule has 2 N–H and O–H groups in total. The highest BCUT2D eigenvalue weighted by molar-refractivity contribution is 7.99. The number of benzene rings is 2. The van der Waals surface area contributed by atoms with Crippen LogP contribution in [0.2, 0.25) is 0 Å². The Hall–Kier alpha value is -3.40. The Morgan fingerprint density at radius 3 is 2.74 bits per heavy atom. The van der Waals surface area contributed by atoms with E-state index in [0.29, 0.717) is 30.8 Å². The topological polar surface area (TPSA) is 105 Å². The molecule has 1 amide bonds. The number of nitrogen functional groups attached to an aromatic ring is 1. The standard InChI is InChI=1S/C24H27N5O4S/c1-2-31-18-8-5-16(6-9-18)23-26-27-24(29(23)25)34-15-22(30)28-11-3-4-19(28)17-7-10-20-21(14-17)33-13-12-32-20/h5-10,14,19H,2-4,11-13,15,25H2,1H3. The second kappa shape index (κ2) is 9.84. The molecule has 0 saturated carbocycles. The van der Waals surface area contributed by atoms with Gasteiger partial charge in [0.25, 0.3) is 0 Å². The molecule has 34 heavy (non-hydrogen) atoms. The number of nitrogens with two attached hydrogens (primary N) is 1. The van der Waals surface area contributed by atoms with Crippen molar-refractivity contribution in [2.24, 2.45) is 0 Å². The maximum absolute atomic E-state index is 13.1. The molecule has 0 bridgehead atoms. The van der Waals surface area contributed by atoms with Crippen LogP contribution in [0.4, 0.5) is 0 Å². The molecule has 1 aromatic heterocycles. The van der Waals surface area contributed by atoms with Crippen molar-refractivity contribution in [2.45, 2.75) is 31.0 Å². The minimum Gasteiger partial charge on any atom is -0.494 e. The van der Waals surface area contributed by atoms with E-state index in [1.165, 1.54) is 16.4 Å². The van der Waals surface area contributed by atoms with Gasteiger partial charge >= 0.3 is 0 Å².